The second kappa shape index (κ2) is 33.1. The van der Waals surface area contributed by atoms with Gasteiger partial charge in [-0.2, -0.15) is 0 Å². The van der Waals surface area contributed by atoms with E-state index in [4.69, 9.17) is 47.4 Å². The molecule has 0 radical (unpaired) electrons. The minimum atomic E-state index is -1.22. The van der Waals surface area contributed by atoms with E-state index in [0.717, 1.165) is 5.57 Å². The summed E-state index contributed by atoms with van der Waals surface area (Å²) < 4.78 is 59.6. The van der Waals surface area contributed by atoms with Crippen molar-refractivity contribution in [2.75, 3.05) is 63.9 Å². The van der Waals surface area contributed by atoms with E-state index in [2.05, 4.69) is 6.92 Å². The second-order valence-corrected chi connectivity index (χ2v) is 19.3. The summed E-state index contributed by atoms with van der Waals surface area (Å²) >= 11 is 0. The molecule has 2 rings (SSSR count). The largest absolute Gasteiger partial charge is 0.458 e. The molecule has 0 aromatic heterocycles. The van der Waals surface area contributed by atoms with Gasteiger partial charge in [-0.25, -0.2) is 9.59 Å². The lowest BCUT2D eigenvalue weighted by Crippen LogP contribution is -2.50. The zero-order valence-electron chi connectivity index (χ0n) is 45.5. The molecule has 1 N–H and O–H groups in total. The molecular formula is C55H89NO15. The Balaban J connectivity index is 2.59. The first-order valence-corrected chi connectivity index (χ1v) is 24.9. The van der Waals surface area contributed by atoms with Crippen LogP contribution in [0.15, 0.2) is 72.0 Å². The maximum absolute atomic E-state index is 13.8. The summed E-state index contributed by atoms with van der Waals surface area (Å²) in [5, 5.41) is 11.8. The van der Waals surface area contributed by atoms with Crippen molar-refractivity contribution in [3.8, 4) is 0 Å². The first-order chi connectivity index (χ1) is 33.8. The number of aliphatic hydroxyl groups is 1. The Kier molecular flexibility index (Phi) is 29.5. The molecule has 0 aliphatic carbocycles. The number of carbonyl (C=O) groups excluding carboxylic acids is 4. The molecule has 0 spiro atoms. The Morgan fingerprint density at radius 3 is 1.96 bits per heavy atom. The maximum atomic E-state index is 13.8. The number of nitrogens with zero attached hydrogens (tertiary/aromatic N) is 1. The monoisotopic (exact) mass is 1000 g/mol. The van der Waals surface area contributed by atoms with Crippen LogP contribution in [0.4, 0.5) is 0 Å². The summed E-state index contributed by atoms with van der Waals surface area (Å²) in [6.07, 6.45) is 14.2. The first-order valence-electron chi connectivity index (χ1n) is 24.9. The third-order valence-corrected chi connectivity index (χ3v) is 14.4. The summed E-state index contributed by atoms with van der Waals surface area (Å²) in [7, 11) is 14.4. The average molecular weight is 1000 g/mol. The number of rotatable bonds is 20. The van der Waals surface area contributed by atoms with Crippen LogP contribution in [0.3, 0.4) is 0 Å². The van der Waals surface area contributed by atoms with Crippen molar-refractivity contribution in [2.24, 2.45) is 35.5 Å². The SMILES string of the molecule is COC1C/C(C)=C/C=C/C(=O)O[C@H]([C@@H](C)[C@@H](OC)[C@@H](C)CCC(=O)[C@H](C)[C@@H](C/C=C/N(C)C=O)OC)[C@@H](C)/C=C/[C@H](OC)C[C@H](OC)[C@@H](C)/C=C/[C@H](OC)C[C@@H](OC)[C@@H](C)[C@@H]2OC(=O)C=C([C@H]1OC)[C@@H]2O. The summed E-state index contributed by atoms with van der Waals surface area (Å²) in [6, 6.07) is 0. The van der Waals surface area contributed by atoms with Gasteiger partial charge in [0.05, 0.1) is 42.7 Å². The van der Waals surface area contributed by atoms with Crippen molar-refractivity contribution < 1.29 is 71.7 Å². The van der Waals surface area contributed by atoms with Crippen LogP contribution in [0.1, 0.15) is 87.0 Å². The Labute approximate surface area is 425 Å². The molecule has 1 amide bonds. The number of fused-ring (bicyclic) bond motifs is 2. The summed E-state index contributed by atoms with van der Waals surface area (Å²) in [6.45, 7) is 13.7. The molecule has 0 aromatic rings. The first kappa shape index (κ1) is 63.3. The van der Waals surface area contributed by atoms with E-state index in [9.17, 15) is 24.3 Å². The number of cyclic esters (lactones) is 1. The van der Waals surface area contributed by atoms with Gasteiger partial charge in [0, 0.05) is 137 Å². The smallest absolute Gasteiger partial charge is 0.331 e. The van der Waals surface area contributed by atoms with Gasteiger partial charge in [0.25, 0.3) is 0 Å². The van der Waals surface area contributed by atoms with Crippen LogP contribution in [0, 0.1) is 35.5 Å². The number of ketones is 1. The van der Waals surface area contributed by atoms with Crippen LogP contribution >= 0.6 is 0 Å². The molecular weight excluding hydrogens is 915 g/mol. The fourth-order valence-corrected chi connectivity index (χ4v) is 9.73. The molecule has 2 heterocycles. The number of esters is 2. The van der Waals surface area contributed by atoms with Gasteiger partial charge in [0.15, 0.2) is 0 Å². The van der Waals surface area contributed by atoms with Crippen molar-refractivity contribution in [3.63, 3.8) is 0 Å². The predicted molar refractivity (Wildman–Crippen MR) is 272 cm³/mol. The maximum Gasteiger partial charge on any atom is 0.331 e. The lowest BCUT2D eigenvalue weighted by Gasteiger charge is -2.39. The average Bonchev–Trinajstić information content (AvgIpc) is 3.36. The number of Topliss-reactive ketones (excluding diaryl/α,β-unsaturated/α-hetero) is 1. The third-order valence-electron chi connectivity index (χ3n) is 14.4. The van der Waals surface area contributed by atoms with Crippen LogP contribution in [-0.4, -0.2) is 165 Å². The van der Waals surface area contributed by atoms with Crippen LogP contribution in [0.25, 0.3) is 0 Å². The Morgan fingerprint density at radius 1 is 0.803 bits per heavy atom. The lowest BCUT2D eigenvalue weighted by molar-refractivity contribution is -0.162. The van der Waals surface area contributed by atoms with Crippen LogP contribution in [0.5, 0.6) is 0 Å². The van der Waals surface area contributed by atoms with E-state index in [-0.39, 0.29) is 59.8 Å². The molecule has 0 saturated heterocycles. The van der Waals surface area contributed by atoms with Gasteiger partial charge in [-0.3, -0.25) is 9.59 Å². The quantitative estimate of drug-likeness (QED) is 0.0734. The minimum absolute atomic E-state index is 0.0551. The lowest BCUT2D eigenvalue weighted by atomic mass is 9.81. The zero-order valence-corrected chi connectivity index (χ0v) is 45.5. The van der Waals surface area contributed by atoms with E-state index in [0.29, 0.717) is 50.5 Å². The van der Waals surface area contributed by atoms with Gasteiger partial charge in [-0.05, 0) is 32.1 Å². The molecule has 1 unspecified atom stereocenters. The Morgan fingerprint density at radius 2 is 1.41 bits per heavy atom. The van der Waals surface area contributed by atoms with Crippen molar-refractivity contribution in [3.05, 3.63) is 72.0 Å². The molecule has 404 valence electrons. The fourth-order valence-electron chi connectivity index (χ4n) is 9.73. The number of aliphatic hydroxyl groups excluding tert-OH is 1. The second-order valence-electron chi connectivity index (χ2n) is 19.3. The normalized spacial score (nSPS) is 33.2. The molecule has 2 bridgehead atoms. The van der Waals surface area contributed by atoms with Gasteiger partial charge in [-0.15, -0.1) is 0 Å². The summed E-state index contributed by atoms with van der Waals surface area (Å²) in [5.41, 5.74) is 1.15. The molecule has 0 aromatic carbocycles. The van der Waals surface area contributed by atoms with Crippen molar-refractivity contribution in [1.29, 1.82) is 0 Å². The predicted octanol–water partition coefficient (Wildman–Crippen LogP) is 7.19. The molecule has 16 nitrogen and oxygen atoms in total. The number of amides is 1. The molecule has 2 aliphatic heterocycles. The van der Waals surface area contributed by atoms with Crippen molar-refractivity contribution in [1.82, 2.24) is 4.90 Å². The Bertz CT molecular complexity index is 1790. The highest BCUT2D eigenvalue weighted by molar-refractivity contribution is 5.84. The van der Waals surface area contributed by atoms with Gasteiger partial charge >= 0.3 is 11.9 Å². The third kappa shape index (κ3) is 19.8. The van der Waals surface area contributed by atoms with Gasteiger partial charge in [-0.1, -0.05) is 89.6 Å². The number of hydrogen-bond donors (Lipinski definition) is 1. The molecule has 0 saturated carbocycles. The van der Waals surface area contributed by atoms with Gasteiger partial charge in [0.1, 0.15) is 30.2 Å². The van der Waals surface area contributed by atoms with E-state index < -0.39 is 60.6 Å². The standard InChI is InChI=1S/C55H89NO15/c1-34-19-17-21-49(59)70-53(40(7)52(68-15)36(3)24-27-44(58)38(5)45(64-11)20-18-28-56(8)33-57)37(4)23-26-41(62-9)30-46(65-12)35(2)22-25-42(63-10)31-47(66-13)39(6)54-51(61)43(32-50(60)71-54)55(69-16)48(29-34)67-14/h17-19,21-23,25-26,28,32-33,35-42,45-48,51-55,61H,20,24,27,29-31H2,1-16H3/b21-17+,25-22+,26-23+,28-18+,34-19+/t35-,36-,37-,38-,39+,40-,41-,42-,45+,46-,47+,48?,51-,52-,53-,54-,55+/m0/s1. The summed E-state index contributed by atoms with van der Waals surface area (Å²) in [5.74, 6) is -2.75. The summed E-state index contributed by atoms with van der Waals surface area (Å²) in [4.78, 5) is 52.9. The van der Waals surface area contributed by atoms with E-state index in [1.165, 1.54) is 31.3 Å². The van der Waals surface area contributed by atoms with E-state index in [1.54, 1.807) is 68.1 Å². The number of hydrogen-bond acceptors (Lipinski definition) is 15. The molecule has 71 heavy (non-hydrogen) atoms. The highest BCUT2D eigenvalue weighted by Crippen LogP contribution is 2.34. The number of ether oxygens (including phenoxy) is 10. The van der Waals surface area contributed by atoms with Crippen molar-refractivity contribution in [2.45, 2.75) is 154 Å². The molecule has 17 atom stereocenters. The highest BCUT2D eigenvalue weighted by Gasteiger charge is 2.43. The number of methoxy groups -OCH3 is 8. The Hall–Kier alpha value is -3.84. The van der Waals surface area contributed by atoms with Gasteiger partial charge < -0.3 is 57.4 Å². The molecule has 16 heteroatoms. The van der Waals surface area contributed by atoms with Crippen molar-refractivity contribution >= 4 is 24.1 Å². The molecule has 0 fully saturated rings. The van der Waals surface area contributed by atoms with Crippen LogP contribution in [0.2, 0.25) is 0 Å². The van der Waals surface area contributed by atoms with E-state index in [1.807, 2.05) is 71.9 Å². The zero-order chi connectivity index (χ0) is 53.4. The molecule has 2 aliphatic rings. The van der Waals surface area contributed by atoms with Crippen LogP contribution in [-0.2, 0) is 66.5 Å². The number of allylic oxidation sites excluding steroid dienone is 2. The van der Waals surface area contributed by atoms with Crippen LogP contribution < -0.4 is 0 Å². The topological polar surface area (TPSA) is 184 Å². The van der Waals surface area contributed by atoms with Gasteiger partial charge in [0.2, 0.25) is 6.41 Å². The fraction of sp³-hybridized carbons (Fsp3) is 0.709. The number of carbonyl (C=O) groups is 4. The highest BCUT2D eigenvalue weighted by atomic mass is 16.6. The van der Waals surface area contributed by atoms with E-state index >= 15 is 0 Å². The minimum Gasteiger partial charge on any atom is -0.458 e.